The average molecular weight is 139 g/mol. The summed E-state index contributed by atoms with van der Waals surface area (Å²) in [6, 6.07) is 2.65. The van der Waals surface area contributed by atoms with Crippen molar-refractivity contribution in [3.63, 3.8) is 0 Å². The highest BCUT2D eigenvalue weighted by atomic mass is 15.0. The SMILES string of the molecule is N#CCNC1CCNCC1. The maximum Gasteiger partial charge on any atom is 0.0843 e. The summed E-state index contributed by atoms with van der Waals surface area (Å²) in [4.78, 5) is 0. The second-order valence-corrected chi connectivity index (χ2v) is 2.56. The first-order valence-electron chi connectivity index (χ1n) is 3.74. The second-order valence-electron chi connectivity index (χ2n) is 2.56. The van der Waals surface area contributed by atoms with Gasteiger partial charge in [-0.1, -0.05) is 0 Å². The highest BCUT2D eigenvalue weighted by Gasteiger charge is 2.10. The van der Waals surface area contributed by atoms with Gasteiger partial charge in [-0.2, -0.15) is 5.26 Å². The fourth-order valence-electron chi connectivity index (χ4n) is 1.22. The molecule has 3 heteroatoms. The molecule has 0 spiro atoms. The molecule has 3 nitrogen and oxygen atoms in total. The Morgan fingerprint density at radius 2 is 2.20 bits per heavy atom. The Morgan fingerprint density at radius 1 is 1.50 bits per heavy atom. The van der Waals surface area contributed by atoms with Gasteiger partial charge in [-0.15, -0.1) is 0 Å². The third-order valence-corrected chi connectivity index (χ3v) is 1.81. The predicted octanol–water partition coefficient (Wildman–Crippen LogP) is -0.148. The van der Waals surface area contributed by atoms with E-state index in [9.17, 15) is 0 Å². The van der Waals surface area contributed by atoms with Gasteiger partial charge in [0.2, 0.25) is 0 Å². The summed E-state index contributed by atoms with van der Waals surface area (Å²) >= 11 is 0. The molecule has 56 valence electrons. The zero-order valence-corrected chi connectivity index (χ0v) is 6.06. The largest absolute Gasteiger partial charge is 0.317 e. The van der Waals surface area contributed by atoms with E-state index in [2.05, 4.69) is 16.7 Å². The fraction of sp³-hybridized carbons (Fsp3) is 0.857. The van der Waals surface area contributed by atoms with Gasteiger partial charge >= 0.3 is 0 Å². The van der Waals surface area contributed by atoms with Gasteiger partial charge in [0.05, 0.1) is 12.6 Å². The van der Waals surface area contributed by atoms with Crippen molar-refractivity contribution in [1.82, 2.24) is 10.6 Å². The summed E-state index contributed by atoms with van der Waals surface area (Å²) in [5.41, 5.74) is 0. The minimum atomic E-state index is 0.491. The van der Waals surface area contributed by atoms with Crippen molar-refractivity contribution in [3.05, 3.63) is 0 Å². The van der Waals surface area contributed by atoms with Gasteiger partial charge in [-0.3, -0.25) is 0 Å². The Labute approximate surface area is 61.4 Å². The minimum Gasteiger partial charge on any atom is -0.317 e. The molecule has 1 fully saturated rings. The summed E-state index contributed by atoms with van der Waals surface area (Å²) < 4.78 is 0. The van der Waals surface area contributed by atoms with Gasteiger partial charge in [0, 0.05) is 6.04 Å². The molecule has 0 saturated carbocycles. The molecule has 0 aromatic heterocycles. The molecule has 0 aromatic rings. The molecule has 0 amide bonds. The van der Waals surface area contributed by atoms with Crippen LogP contribution in [0.5, 0.6) is 0 Å². The number of nitrogens with zero attached hydrogens (tertiary/aromatic N) is 1. The van der Waals surface area contributed by atoms with Crippen LogP contribution in [0.15, 0.2) is 0 Å². The lowest BCUT2D eigenvalue weighted by Crippen LogP contribution is -2.39. The molecule has 0 aliphatic carbocycles. The predicted molar refractivity (Wildman–Crippen MR) is 39.5 cm³/mol. The van der Waals surface area contributed by atoms with E-state index in [1.807, 2.05) is 0 Å². The highest BCUT2D eigenvalue weighted by Crippen LogP contribution is 2.00. The molecular formula is C7H13N3. The monoisotopic (exact) mass is 139 g/mol. The maximum absolute atomic E-state index is 8.27. The Kier molecular flexibility index (Phi) is 3.20. The number of piperidine rings is 1. The fourth-order valence-corrected chi connectivity index (χ4v) is 1.22. The quantitative estimate of drug-likeness (QED) is 0.523. The van der Waals surface area contributed by atoms with Crippen molar-refractivity contribution in [1.29, 1.82) is 5.26 Å². The maximum atomic E-state index is 8.27. The number of rotatable bonds is 2. The molecule has 10 heavy (non-hydrogen) atoms. The van der Waals surface area contributed by atoms with E-state index in [-0.39, 0.29) is 0 Å². The third-order valence-electron chi connectivity index (χ3n) is 1.81. The topological polar surface area (TPSA) is 47.9 Å². The lowest BCUT2D eigenvalue weighted by Gasteiger charge is -2.22. The molecule has 1 aliphatic heterocycles. The highest BCUT2D eigenvalue weighted by molar-refractivity contribution is 4.80. The van der Waals surface area contributed by atoms with E-state index in [1.165, 1.54) is 0 Å². The molecule has 1 heterocycles. The lowest BCUT2D eigenvalue weighted by molar-refractivity contribution is 0.401. The van der Waals surface area contributed by atoms with Crippen LogP contribution in [0, 0.1) is 11.3 Å². The molecule has 0 aromatic carbocycles. The summed E-state index contributed by atoms with van der Waals surface area (Å²) in [5, 5.41) is 14.7. The van der Waals surface area contributed by atoms with Crippen molar-refractivity contribution in [2.75, 3.05) is 19.6 Å². The van der Waals surface area contributed by atoms with Crippen LogP contribution in [0.25, 0.3) is 0 Å². The summed E-state index contributed by atoms with van der Waals surface area (Å²) in [6.45, 7) is 2.66. The van der Waals surface area contributed by atoms with Gasteiger partial charge < -0.3 is 10.6 Å². The van der Waals surface area contributed by atoms with Crippen LogP contribution >= 0.6 is 0 Å². The van der Waals surface area contributed by atoms with E-state index in [4.69, 9.17) is 5.26 Å². The molecule has 0 unspecified atom stereocenters. The van der Waals surface area contributed by atoms with E-state index >= 15 is 0 Å². The Bertz CT molecular complexity index is 121. The van der Waals surface area contributed by atoms with E-state index < -0.39 is 0 Å². The minimum absolute atomic E-state index is 0.491. The number of nitriles is 1. The van der Waals surface area contributed by atoms with Gasteiger partial charge in [-0.25, -0.2) is 0 Å². The van der Waals surface area contributed by atoms with Crippen molar-refractivity contribution in [3.8, 4) is 6.07 Å². The third kappa shape index (κ3) is 2.34. The van der Waals surface area contributed by atoms with Crippen LogP contribution in [0.3, 0.4) is 0 Å². The zero-order valence-electron chi connectivity index (χ0n) is 6.06. The standard InChI is InChI=1S/C7H13N3/c8-3-6-10-7-1-4-9-5-2-7/h7,9-10H,1-2,4-6H2. The molecule has 0 radical (unpaired) electrons. The van der Waals surface area contributed by atoms with Crippen molar-refractivity contribution in [2.24, 2.45) is 0 Å². The van der Waals surface area contributed by atoms with Crippen LogP contribution in [0.2, 0.25) is 0 Å². The zero-order chi connectivity index (χ0) is 7.23. The summed E-state index contributed by atoms with van der Waals surface area (Å²) in [7, 11) is 0. The van der Waals surface area contributed by atoms with E-state index in [0.29, 0.717) is 12.6 Å². The van der Waals surface area contributed by atoms with Crippen LogP contribution in [0.4, 0.5) is 0 Å². The molecule has 0 atom stereocenters. The smallest absolute Gasteiger partial charge is 0.0843 e. The Morgan fingerprint density at radius 3 is 2.80 bits per heavy atom. The molecule has 2 N–H and O–H groups in total. The van der Waals surface area contributed by atoms with Gasteiger partial charge in [-0.05, 0) is 25.9 Å². The summed E-state index contributed by atoms with van der Waals surface area (Å²) in [6.07, 6.45) is 2.31. The first-order valence-corrected chi connectivity index (χ1v) is 3.74. The first-order chi connectivity index (χ1) is 4.93. The van der Waals surface area contributed by atoms with Gasteiger partial charge in [0.15, 0.2) is 0 Å². The Hall–Kier alpha value is -0.590. The first kappa shape index (κ1) is 7.52. The molecule has 0 bridgehead atoms. The van der Waals surface area contributed by atoms with Crippen molar-refractivity contribution >= 4 is 0 Å². The van der Waals surface area contributed by atoms with Crippen molar-refractivity contribution in [2.45, 2.75) is 18.9 Å². The number of hydrogen-bond acceptors (Lipinski definition) is 3. The number of nitrogens with one attached hydrogen (secondary N) is 2. The molecular weight excluding hydrogens is 126 g/mol. The van der Waals surface area contributed by atoms with Crippen molar-refractivity contribution < 1.29 is 0 Å². The number of hydrogen-bond donors (Lipinski definition) is 2. The van der Waals surface area contributed by atoms with Gasteiger partial charge in [0.25, 0.3) is 0 Å². The van der Waals surface area contributed by atoms with Crippen LogP contribution in [0.1, 0.15) is 12.8 Å². The van der Waals surface area contributed by atoms with E-state index in [0.717, 1.165) is 25.9 Å². The lowest BCUT2D eigenvalue weighted by atomic mass is 10.1. The molecule has 1 saturated heterocycles. The van der Waals surface area contributed by atoms with E-state index in [1.54, 1.807) is 0 Å². The molecule has 1 rings (SSSR count). The average Bonchev–Trinajstić information content (AvgIpc) is 2.03. The summed E-state index contributed by atoms with van der Waals surface area (Å²) in [5.74, 6) is 0. The van der Waals surface area contributed by atoms with Crippen LogP contribution in [-0.4, -0.2) is 25.7 Å². The van der Waals surface area contributed by atoms with Gasteiger partial charge in [0.1, 0.15) is 0 Å². The second kappa shape index (κ2) is 4.26. The molecule has 1 aliphatic rings. The van der Waals surface area contributed by atoms with Crippen LogP contribution < -0.4 is 10.6 Å². The normalized spacial score (nSPS) is 20.3. The van der Waals surface area contributed by atoms with Crippen LogP contribution in [-0.2, 0) is 0 Å². The Balaban J connectivity index is 2.09.